The first-order valence-corrected chi connectivity index (χ1v) is 19.3. The van der Waals surface area contributed by atoms with Gasteiger partial charge in [-0.2, -0.15) is 0 Å². The van der Waals surface area contributed by atoms with Crippen molar-refractivity contribution in [3.05, 3.63) is 176 Å². The molecule has 0 bridgehead atoms. The molecule has 0 saturated carbocycles. The first-order valence-electron chi connectivity index (χ1n) is 19.3. The van der Waals surface area contributed by atoms with Crippen LogP contribution >= 0.6 is 0 Å². The molecule has 0 atom stereocenters. The van der Waals surface area contributed by atoms with Crippen LogP contribution in [-0.4, -0.2) is 15.7 Å². The van der Waals surface area contributed by atoms with Gasteiger partial charge in [0.15, 0.2) is 0 Å². The van der Waals surface area contributed by atoms with Gasteiger partial charge >= 0.3 is 6.85 Å². The van der Waals surface area contributed by atoms with E-state index in [4.69, 9.17) is 0 Å². The Morgan fingerprint density at radius 1 is 0.345 bits per heavy atom. The highest BCUT2D eigenvalue weighted by Crippen LogP contribution is 2.50. The van der Waals surface area contributed by atoms with E-state index in [1.54, 1.807) is 0 Å². The molecule has 0 saturated heterocycles. The average Bonchev–Trinajstić information content (AvgIpc) is 3.89. The summed E-state index contributed by atoms with van der Waals surface area (Å²) < 4.78 is 5.39. The normalized spacial score (nSPS) is 13.1. The lowest BCUT2D eigenvalue weighted by atomic mass is 9.45. The molecule has 250 valence electrons. The number of rotatable bonds is 3. The predicted molar refractivity (Wildman–Crippen MR) is 234 cm³/mol. The van der Waals surface area contributed by atoms with E-state index in [2.05, 4.69) is 185 Å². The third kappa shape index (κ3) is 3.44. The van der Waals surface area contributed by atoms with E-state index in [9.17, 15) is 0 Å². The van der Waals surface area contributed by atoms with Crippen LogP contribution in [0.4, 0.5) is 0 Å². The second-order valence-electron chi connectivity index (χ2n) is 15.6. The summed E-state index contributed by atoms with van der Waals surface area (Å²) in [5.41, 5.74) is 19.6. The van der Waals surface area contributed by atoms with Gasteiger partial charge in [-0.15, -0.1) is 0 Å². The van der Waals surface area contributed by atoms with E-state index >= 15 is 0 Å². The van der Waals surface area contributed by atoms with Crippen LogP contribution in [0, 0.1) is 0 Å². The summed E-state index contributed by atoms with van der Waals surface area (Å²) in [5.74, 6) is 0. The van der Waals surface area contributed by atoms with Crippen LogP contribution in [0.2, 0.25) is 0 Å². The van der Waals surface area contributed by atoms with Gasteiger partial charge in [-0.1, -0.05) is 140 Å². The molecule has 0 aliphatic carbocycles. The monoisotopic (exact) mass is 692 g/mol. The van der Waals surface area contributed by atoms with Crippen molar-refractivity contribution in [2.24, 2.45) is 0 Å². The molecule has 9 aromatic carbocycles. The maximum absolute atomic E-state index is 2.72. The Bertz CT molecular complexity index is 3630. The van der Waals surface area contributed by atoms with Crippen LogP contribution in [0.25, 0.3) is 115 Å². The largest absolute Gasteiger partial charge is 0.375 e. The zero-order valence-corrected chi connectivity index (χ0v) is 29.7. The third-order valence-electron chi connectivity index (χ3n) is 12.9. The molecular formula is C52H29BN2. The van der Waals surface area contributed by atoms with Crippen molar-refractivity contribution in [1.29, 1.82) is 0 Å². The number of para-hydroxylation sites is 1. The van der Waals surface area contributed by atoms with Crippen molar-refractivity contribution in [2.75, 3.05) is 0 Å². The summed E-state index contributed by atoms with van der Waals surface area (Å²) in [4.78, 5) is 0. The Balaban J connectivity index is 1.26. The Labute approximate surface area is 316 Å². The minimum absolute atomic E-state index is 0.00440. The molecule has 5 heterocycles. The maximum Gasteiger partial charge on any atom is 0.333 e. The summed E-state index contributed by atoms with van der Waals surface area (Å²) in [6.07, 6.45) is 0. The Morgan fingerprint density at radius 2 is 0.964 bits per heavy atom. The smallest absolute Gasteiger partial charge is 0.333 e. The number of hydrogen-bond acceptors (Lipinski definition) is 0. The molecule has 0 spiro atoms. The molecule has 0 radical (unpaired) electrons. The van der Waals surface area contributed by atoms with Gasteiger partial charge in [0.05, 0.1) is 16.6 Å². The highest BCUT2D eigenvalue weighted by atomic mass is 15.0. The zero-order valence-electron chi connectivity index (χ0n) is 29.7. The van der Waals surface area contributed by atoms with Gasteiger partial charge < -0.3 is 8.88 Å². The summed E-state index contributed by atoms with van der Waals surface area (Å²) in [6, 6.07) is 66.1. The maximum atomic E-state index is 2.72. The number of nitrogens with zero attached hydrogens (tertiary/aromatic N) is 2. The van der Waals surface area contributed by atoms with Crippen molar-refractivity contribution < 1.29 is 0 Å². The third-order valence-corrected chi connectivity index (χ3v) is 12.9. The molecule has 3 heteroatoms. The highest BCUT2D eigenvalue weighted by Gasteiger charge is 2.42. The van der Waals surface area contributed by atoms with Crippen LogP contribution in [0.3, 0.4) is 0 Å². The topological polar surface area (TPSA) is 9.34 Å². The minimum Gasteiger partial charge on any atom is -0.375 e. The standard InChI is InChI=1S/C52H29BN2/c1-4-13-30(14-5-1)35-24-42-43-25-36(31-15-6-2-7-16-31)27-45-51(43)54-49(42)44(26-35)47-39(32-17-8-3-9-18-32)29-41-38-22-12-21-37-40-23-33-19-10-11-20-34(33)28-46(40)55(50(37)38)53(45)48(41)52(47)54/h1-29H. The van der Waals surface area contributed by atoms with Crippen molar-refractivity contribution >= 4 is 88.4 Å². The Kier molecular flexibility index (Phi) is 5.12. The van der Waals surface area contributed by atoms with Gasteiger partial charge in [0.25, 0.3) is 0 Å². The highest BCUT2D eigenvalue weighted by molar-refractivity contribution is 6.91. The van der Waals surface area contributed by atoms with Gasteiger partial charge in [-0.05, 0) is 97.0 Å². The lowest BCUT2D eigenvalue weighted by molar-refractivity contribution is 1.30. The molecule has 0 unspecified atom stereocenters. The van der Waals surface area contributed by atoms with Gasteiger partial charge in [0.1, 0.15) is 0 Å². The summed E-state index contributed by atoms with van der Waals surface area (Å²) in [6.45, 7) is -0.00440. The second-order valence-corrected chi connectivity index (χ2v) is 15.6. The first-order chi connectivity index (χ1) is 27.3. The van der Waals surface area contributed by atoms with E-state index in [-0.39, 0.29) is 6.85 Å². The Hall–Kier alpha value is -7.10. The SMILES string of the molecule is c1ccc(-c2cc3c4c(c2)c2cc(-c5ccccc5)cc5c6c(-c7ccccc7)cc7c(c6n4c25)B3n2c3cc4ccccc4cc3c3cccc-7c32)cc1. The van der Waals surface area contributed by atoms with Crippen LogP contribution in [0.15, 0.2) is 176 Å². The van der Waals surface area contributed by atoms with Crippen LogP contribution in [-0.2, 0) is 0 Å². The molecule has 0 N–H and O–H groups in total. The van der Waals surface area contributed by atoms with Crippen molar-refractivity contribution in [1.82, 2.24) is 8.88 Å². The Morgan fingerprint density at radius 3 is 1.69 bits per heavy atom. The van der Waals surface area contributed by atoms with Crippen molar-refractivity contribution in [3.8, 4) is 44.5 Å². The summed E-state index contributed by atoms with van der Waals surface area (Å²) >= 11 is 0. The predicted octanol–water partition coefficient (Wildman–Crippen LogP) is 12.0. The molecule has 14 rings (SSSR count). The van der Waals surface area contributed by atoms with Crippen LogP contribution in [0.1, 0.15) is 0 Å². The van der Waals surface area contributed by atoms with Gasteiger partial charge in [0, 0.05) is 48.9 Å². The summed E-state index contributed by atoms with van der Waals surface area (Å²) in [5, 5.41) is 10.5. The summed E-state index contributed by atoms with van der Waals surface area (Å²) in [7, 11) is 0. The van der Waals surface area contributed by atoms with E-state index < -0.39 is 0 Å². The lowest BCUT2D eigenvalue weighted by Gasteiger charge is -2.32. The first kappa shape index (κ1) is 28.4. The number of aromatic nitrogens is 2. The number of fused-ring (bicyclic) bond motifs is 9. The molecule has 55 heavy (non-hydrogen) atoms. The molecule has 0 amide bonds. The lowest BCUT2D eigenvalue weighted by Crippen LogP contribution is -2.54. The van der Waals surface area contributed by atoms with Crippen molar-refractivity contribution in [3.63, 3.8) is 0 Å². The molecular weight excluding hydrogens is 663 g/mol. The number of hydrogen-bond donors (Lipinski definition) is 0. The van der Waals surface area contributed by atoms with Gasteiger partial charge in [0.2, 0.25) is 0 Å². The fourth-order valence-corrected chi connectivity index (χ4v) is 10.7. The zero-order chi connectivity index (χ0) is 35.5. The van der Waals surface area contributed by atoms with Crippen LogP contribution in [0.5, 0.6) is 0 Å². The fourth-order valence-electron chi connectivity index (χ4n) is 10.7. The molecule has 2 aliphatic rings. The van der Waals surface area contributed by atoms with E-state index in [1.165, 1.54) is 126 Å². The molecule has 0 fully saturated rings. The van der Waals surface area contributed by atoms with Crippen LogP contribution < -0.4 is 10.9 Å². The molecule has 3 aromatic heterocycles. The number of benzene rings is 9. The van der Waals surface area contributed by atoms with Gasteiger partial charge in [-0.3, -0.25) is 0 Å². The fraction of sp³-hybridized carbons (Fsp3) is 0. The van der Waals surface area contributed by atoms with E-state index in [0.29, 0.717) is 0 Å². The average molecular weight is 693 g/mol. The van der Waals surface area contributed by atoms with Crippen molar-refractivity contribution in [2.45, 2.75) is 0 Å². The molecule has 2 nitrogen and oxygen atoms in total. The molecule has 12 aromatic rings. The van der Waals surface area contributed by atoms with E-state index in [0.717, 1.165) is 0 Å². The van der Waals surface area contributed by atoms with E-state index in [1.807, 2.05) is 0 Å². The minimum atomic E-state index is -0.00440. The van der Waals surface area contributed by atoms with Gasteiger partial charge in [-0.25, -0.2) is 0 Å². The second kappa shape index (κ2) is 9.90. The molecule has 2 aliphatic heterocycles. The quantitative estimate of drug-likeness (QED) is 0.163.